The van der Waals surface area contributed by atoms with Crippen LogP contribution in [0.15, 0.2) is 36.4 Å². The molecular formula is C36H50F4O. The van der Waals surface area contributed by atoms with Crippen LogP contribution in [-0.4, -0.2) is 0 Å². The number of halogens is 4. The fourth-order valence-electron chi connectivity index (χ4n) is 7.42. The van der Waals surface area contributed by atoms with Crippen molar-refractivity contribution in [3.8, 4) is 0 Å². The third-order valence-corrected chi connectivity index (χ3v) is 9.90. The van der Waals surface area contributed by atoms with Crippen molar-refractivity contribution in [2.75, 3.05) is 0 Å². The summed E-state index contributed by atoms with van der Waals surface area (Å²) in [6, 6.07) is 7.45. The highest BCUT2D eigenvalue weighted by Crippen LogP contribution is 2.48. The molecule has 1 nitrogen and oxygen atoms in total. The molecule has 2 aromatic carbocycles. The molecule has 0 aromatic heterocycles. The van der Waals surface area contributed by atoms with Crippen molar-refractivity contribution < 1.29 is 22.3 Å². The van der Waals surface area contributed by atoms with E-state index in [1.54, 1.807) is 0 Å². The van der Waals surface area contributed by atoms with Gasteiger partial charge in [-0.15, -0.1) is 0 Å². The topological polar surface area (TPSA) is 9.23 Å². The Morgan fingerprint density at radius 2 is 0.976 bits per heavy atom. The lowest BCUT2D eigenvalue weighted by atomic mass is 9.74. The first-order valence-electron chi connectivity index (χ1n) is 16.4. The molecule has 2 fully saturated rings. The Labute approximate surface area is 245 Å². The number of rotatable bonds is 14. The zero-order chi connectivity index (χ0) is 29.2. The molecule has 0 heterocycles. The molecule has 0 spiro atoms. The minimum atomic E-state index is -0.618. The van der Waals surface area contributed by atoms with Gasteiger partial charge in [-0.2, -0.15) is 0 Å². The van der Waals surface area contributed by atoms with E-state index in [1.807, 2.05) is 0 Å². The highest BCUT2D eigenvalue weighted by atomic mass is 19.1. The van der Waals surface area contributed by atoms with Gasteiger partial charge in [0.25, 0.3) is 0 Å². The van der Waals surface area contributed by atoms with E-state index in [-0.39, 0.29) is 11.8 Å². The Bertz CT molecular complexity index is 972. The third-order valence-electron chi connectivity index (χ3n) is 9.90. The molecule has 228 valence electrons. The van der Waals surface area contributed by atoms with Crippen LogP contribution in [0.5, 0.6) is 0 Å². The Balaban J connectivity index is 1.58. The summed E-state index contributed by atoms with van der Waals surface area (Å²) >= 11 is 0. The monoisotopic (exact) mass is 574 g/mol. The third kappa shape index (κ3) is 9.05. The van der Waals surface area contributed by atoms with E-state index in [4.69, 9.17) is 4.74 Å². The molecule has 2 aliphatic rings. The van der Waals surface area contributed by atoms with Crippen LogP contribution in [0.1, 0.15) is 140 Å². The highest BCUT2D eigenvalue weighted by Gasteiger charge is 2.37. The molecule has 2 aromatic rings. The Morgan fingerprint density at radius 3 is 1.32 bits per heavy atom. The minimum absolute atomic E-state index is 0.0637. The van der Waals surface area contributed by atoms with Gasteiger partial charge in [-0.3, -0.25) is 0 Å². The van der Waals surface area contributed by atoms with Gasteiger partial charge in [0.2, 0.25) is 0 Å². The molecule has 2 atom stereocenters. The Hall–Kier alpha value is -1.88. The van der Waals surface area contributed by atoms with Crippen LogP contribution >= 0.6 is 0 Å². The molecule has 41 heavy (non-hydrogen) atoms. The van der Waals surface area contributed by atoms with Crippen molar-refractivity contribution in [2.24, 2.45) is 23.7 Å². The Kier molecular flexibility index (Phi) is 12.6. The zero-order valence-electron chi connectivity index (χ0n) is 25.2. The number of ether oxygens (including phenoxy) is 1. The van der Waals surface area contributed by atoms with Gasteiger partial charge >= 0.3 is 0 Å². The predicted molar refractivity (Wildman–Crippen MR) is 158 cm³/mol. The minimum Gasteiger partial charge on any atom is -0.365 e. The summed E-state index contributed by atoms with van der Waals surface area (Å²) in [7, 11) is 0. The molecule has 4 rings (SSSR count). The van der Waals surface area contributed by atoms with Gasteiger partial charge in [0, 0.05) is 23.3 Å². The van der Waals surface area contributed by atoms with Gasteiger partial charge in [-0.25, -0.2) is 17.6 Å². The summed E-state index contributed by atoms with van der Waals surface area (Å²) in [5, 5.41) is 0. The fraction of sp³-hybridized carbons (Fsp3) is 0.667. The van der Waals surface area contributed by atoms with E-state index in [2.05, 4.69) is 13.8 Å². The number of hydrogen-bond acceptors (Lipinski definition) is 1. The van der Waals surface area contributed by atoms with E-state index >= 15 is 8.78 Å². The summed E-state index contributed by atoms with van der Waals surface area (Å²) in [4.78, 5) is 0. The van der Waals surface area contributed by atoms with Crippen molar-refractivity contribution >= 4 is 0 Å². The summed E-state index contributed by atoms with van der Waals surface area (Å²) in [5.41, 5.74) is 0.697. The molecule has 0 aliphatic heterocycles. The first-order valence-corrected chi connectivity index (χ1v) is 16.4. The number of benzene rings is 2. The quantitative estimate of drug-likeness (QED) is 0.161. The fourth-order valence-corrected chi connectivity index (χ4v) is 7.42. The maximum Gasteiger partial charge on any atom is 0.131 e. The van der Waals surface area contributed by atoms with Crippen LogP contribution in [0.2, 0.25) is 0 Å². The van der Waals surface area contributed by atoms with Gasteiger partial charge in [-0.1, -0.05) is 103 Å². The lowest BCUT2D eigenvalue weighted by molar-refractivity contribution is -0.0933. The molecule has 0 amide bonds. The largest absolute Gasteiger partial charge is 0.365 e. The van der Waals surface area contributed by atoms with Crippen LogP contribution in [0.4, 0.5) is 17.6 Å². The van der Waals surface area contributed by atoms with Gasteiger partial charge in [-0.05, 0) is 61.5 Å². The van der Waals surface area contributed by atoms with E-state index in [1.165, 1.54) is 75.6 Å². The second-order valence-corrected chi connectivity index (χ2v) is 12.9. The summed E-state index contributed by atoms with van der Waals surface area (Å²) in [5.74, 6) is -0.993. The van der Waals surface area contributed by atoms with E-state index < -0.39 is 35.5 Å². The molecular weight excluding hydrogens is 524 g/mol. The Morgan fingerprint density at radius 1 is 0.585 bits per heavy atom. The van der Waals surface area contributed by atoms with Crippen LogP contribution in [0.3, 0.4) is 0 Å². The van der Waals surface area contributed by atoms with E-state index in [0.717, 1.165) is 63.5 Å². The van der Waals surface area contributed by atoms with Gasteiger partial charge in [0.1, 0.15) is 23.3 Å². The highest BCUT2D eigenvalue weighted by molar-refractivity contribution is 5.25. The van der Waals surface area contributed by atoms with Crippen molar-refractivity contribution in [3.05, 3.63) is 70.8 Å². The van der Waals surface area contributed by atoms with E-state index in [9.17, 15) is 8.78 Å². The van der Waals surface area contributed by atoms with Gasteiger partial charge < -0.3 is 4.74 Å². The standard InChI is InChI=1S/C36H50F4O/c1-3-5-7-9-25-11-15-27(16-12-25)35(31-21-19-29(37)23-33(31)39)41-36(32-22-20-30(38)24-34(32)40)28-17-13-26(14-18-28)10-8-6-4-2/h19-28,35-36H,3-18H2,1-2H3. The first kappa shape index (κ1) is 32.0. The summed E-state index contributed by atoms with van der Waals surface area (Å²) < 4.78 is 65.4. The van der Waals surface area contributed by atoms with Crippen LogP contribution in [0, 0.1) is 46.9 Å². The van der Waals surface area contributed by atoms with Crippen LogP contribution < -0.4 is 0 Å². The van der Waals surface area contributed by atoms with Crippen LogP contribution in [-0.2, 0) is 4.74 Å². The molecule has 2 aliphatic carbocycles. The zero-order valence-corrected chi connectivity index (χ0v) is 25.2. The van der Waals surface area contributed by atoms with Crippen molar-refractivity contribution in [3.63, 3.8) is 0 Å². The maximum atomic E-state index is 15.3. The van der Waals surface area contributed by atoms with Crippen molar-refractivity contribution in [1.82, 2.24) is 0 Å². The SMILES string of the molecule is CCCCCC1CCC(C(OC(c2ccc(F)cc2F)C2CCC(CCCCC)CC2)c2ccc(F)cc2F)CC1. The maximum absolute atomic E-state index is 15.3. The second kappa shape index (κ2) is 16.1. The number of unbranched alkanes of at least 4 members (excludes halogenated alkanes) is 4. The molecule has 2 saturated carbocycles. The molecule has 0 radical (unpaired) electrons. The predicted octanol–water partition coefficient (Wildman–Crippen LogP) is 11.8. The van der Waals surface area contributed by atoms with Crippen LogP contribution in [0.25, 0.3) is 0 Å². The second-order valence-electron chi connectivity index (χ2n) is 12.9. The summed E-state index contributed by atoms with van der Waals surface area (Å²) in [6.45, 7) is 4.44. The first-order chi connectivity index (χ1) is 19.9. The lowest BCUT2D eigenvalue weighted by Gasteiger charge is -2.40. The molecule has 5 heteroatoms. The average molecular weight is 575 g/mol. The molecule has 0 bridgehead atoms. The smallest absolute Gasteiger partial charge is 0.131 e. The number of hydrogen-bond donors (Lipinski definition) is 0. The lowest BCUT2D eigenvalue weighted by Crippen LogP contribution is -2.29. The van der Waals surface area contributed by atoms with E-state index in [0.29, 0.717) is 23.0 Å². The molecule has 0 saturated heterocycles. The normalized spacial score (nSPS) is 24.7. The van der Waals surface area contributed by atoms with Crippen molar-refractivity contribution in [2.45, 2.75) is 129 Å². The van der Waals surface area contributed by atoms with Gasteiger partial charge in [0.15, 0.2) is 0 Å². The molecule has 0 N–H and O–H groups in total. The molecule has 2 unspecified atom stereocenters. The summed E-state index contributed by atoms with van der Waals surface area (Å²) in [6.07, 6.45) is 16.5. The van der Waals surface area contributed by atoms with Crippen molar-refractivity contribution in [1.29, 1.82) is 0 Å². The average Bonchev–Trinajstić information content (AvgIpc) is 2.96. The van der Waals surface area contributed by atoms with Gasteiger partial charge in [0.05, 0.1) is 12.2 Å².